The first-order valence-corrected chi connectivity index (χ1v) is 6.99. The minimum absolute atomic E-state index is 0.0434. The van der Waals surface area contributed by atoms with E-state index in [0.717, 1.165) is 25.9 Å². The average molecular weight is 263 g/mol. The minimum atomic E-state index is 0.0434. The smallest absolute Gasteiger partial charge is 0.220 e. The summed E-state index contributed by atoms with van der Waals surface area (Å²) in [5.41, 5.74) is 7.26. The van der Waals surface area contributed by atoms with Crippen molar-refractivity contribution in [3.05, 3.63) is 35.9 Å². The van der Waals surface area contributed by atoms with E-state index in [1.54, 1.807) is 0 Å². The van der Waals surface area contributed by atoms with Crippen LogP contribution in [0, 0.1) is 0 Å². The van der Waals surface area contributed by atoms with Gasteiger partial charge >= 0.3 is 0 Å². The summed E-state index contributed by atoms with van der Waals surface area (Å²) in [6.07, 6.45) is 2.05. The van der Waals surface area contributed by atoms with Crippen molar-refractivity contribution in [1.82, 2.24) is 10.6 Å². The number of amides is 1. The molecule has 1 aromatic carbocycles. The predicted molar refractivity (Wildman–Crippen MR) is 78.9 cm³/mol. The second-order valence-electron chi connectivity index (χ2n) is 4.69. The third-order valence-corrected chi connectivity index (χ3v) is 2.96. The van der Waals surface area contributed by atoms with E-state index in [1.165, 1.54) is 5.56 Å². The lowest BCUT2D eigenvalue weighted by Crippen LogP contribution is -2.33. The molecular formula is C15H25N3O. The fraction of sp³-hybridized carbons (Fsp3) is 0.533. The molecule has 1 atom stereocenters. The Morgan fingerprint density at radius 2 is 2.00 bits per heavy atom. The van der Waals surface area contributed by atoms with Crippen molar-refractivity contribution in [2.24, 2.45) is 5.73 Å². The highest BCUT2D eigenvalue weighted by Crippen LogP contribution is 2.05. The summed E-state index contributed by atoms with van der Waals surface area (Å²) in [6, 6.07) is 10.2. The zero-order valence-corrected chi connectivity index (χ0v) is 11.7. The number of carbonyl (C=O) groups excluding carboxylic acids is 1. The van der Waals surface area contributed by atoms with Crippen molar-refractivity contribution < 1.29 is 4.79 Å². The van der Waals surface area contributed by atoms with Crippen molar-refractivity contribution in [3.8, 4) is 0 Å². The molecule has 4 N–H and O–H groups in total. The number of likely N-dealkylation sites (N-methyl/N-ethyl adjacent to an activating group) is 1. The van der Waals surface area contributed by atoms with E-state index in [4.69, 9.17) is 5.73 Å². The van der Waals surface area contributed by atoms with E-state index in [1.807, 2.05) is 25.1 Å². The second kappa shape index (κ2) is 9.53. The van der Waals surface area contributed by atoms with Crippen molar-refractivity contribution >= 4 is 5.91 Å². The Bertz CT molecular complexity index is 354. The van der Waals surface area contributed by atoms with Crippen molar-refractivity contribution in [2.45, 2.75) is 32.2 Å². The molecule has 0 heterocycles. The maximum absolute atomic E-state index is 11.6. The van der Waals surface area contributed by atoms with Crippen LogP contribution in [0.15, 0.2) is 30.3 Å². The van der Waals surface area contributed by atoms with Gasteiger partial charge in [0.15, 0.2) is 0 Å². The maximum Gasteiger partial charge on any atom is 0.220 e. The highest BCUT2D eigenvalue weighted by atomic mass is 16.1. The van der Waals surface area contributed by atoms with E-state index < -0.39 is 0 Å². The number of nitrogens with two attached hydrogens (primary N) is 1. The van der Waals surface area contributed by atoms with Crippen LogP contribution < -0.4 is 16.4 Å². The molecule has 0 aliphatic rings. The zero-order chi connectivity index (χ0) is 13.9. The summed E-state index contributed by atoms with van der Waals surface area (Å²) in [5.74, 6) is 0.0846. The van der Waals surface area contributed by atoms with Gasteiger partial charge in [-0.3, -0.25) is 4.79 Å². The predicted octanol–water partition coefficient (Wildman–Crippen LogP) is 1.06. The molecule has 0 fully saturated rings. The molecule has 106 valence electrons. The Labute approximate surface area is 115 Å². The van der Waals surface area contributed by atoms with Gasteiger partial charge in [-0.1, -0.05) is 37.3 Å². The van der Waals surface area contributed by atoms with Crippen LogP contribution in [0.4, 0.5) is 0 Å². The monoisotopic (exact) mass is 263 g/mol. The molecule has 0 unspecified atom stereocenters. The van der Waals surface area contributed by atoms with Crippen LogP contribution in [0.3, 0.4) is 0 Å². The van der Waals surface area contributed by atoms with E-state index in [9.17, 15) is 4.79 Å². The topological polar surface area (TPSA) is 67.1 Å². The minimum Gasteiger partial charge on any atom is -0.355 e. The van der Waals surface area contributed by atoms with Crippen molar-refractivity contribution in [2.75, 3.05) is 19.6 Å². The molecule has 0 aliphatic heterocycles. The van der Waals surface area contributed by atoms with Gasteiger partial charge in [0.2, 0.25) is 5.91 Å². The molecule has 1 rings (SSSR count). The Kier molecular flexibility index (Phi) is 7.86. The van der Waals surface area contributed by atoms with Crippen LogP contribution in [0.2, 0.25) is 0 Å². The second-order valence-corrected chi connectivity index (χ2v) is 4.69. The number of hydrogen-bond acceptors (Lipinski definition) is 3. The van der Waals surface area contributed by atoms with Crippen LogP contribution in [-0.4, -0.2) is 31.6 Å². The third kappa shape index (κ3) is 7.59. The highest BCUT2D eigenvalue weighted by Gasteiger charge is 2.07. The summed E-state index contributed by atoms with van der Waals surface area (Å²) in [6.45, 7) is 4.47. The first-order chi connectivity index (χ1) is 9.22. The lowest BCUT2D eigenvalue weighted by atomic mass is 10.0. The molecule has 19 heavy (non-hydrogen) atoms. The molecule has 1 amide bonds. The SMILES string of the molecule is CCNCCNC(=O)CC[C@@H](N)Cc1ccccc1. The van der Waals surface area contributed by atoms with Gasteiger partial charge in [-0.2, -0.15) is 0 Å². The largest absolute Gasteiger partial charge is 0.355 e. The van der Waals surface area contributed by atoms with E-state index >= 15 is 0 Å². The number of rotatable bonds is 9. The number of carbonyl (C=O) groups is 1. The van der Waals surface area contributed by atoms with Crippen molar-refractivity contribution in [3.63, 3.8) is 0 Å². The van der Waals surface area contributed by atoms with Gasteiger partial charge in [0.1, 0.15) is 0 Å². The van der Waals surface area contributed by atoms with Crippen LogP contribution in [0.1, 0.15) is 25.3 Å². The van der Waals surface area contributed by atoms with Crippen LogP contribution >= 0.6 is 0 Å². The van der Waals surface area contributed by atoms with Gasteiger partial charge < -0.3 is 16.4 Å². The molecule has 0 saturated heterocycles. The Balaban J connectivity index is 2.12. The Morgan fingerprint density at radius 1 is 1.26 bits per heavy atom. The van der Waals surface area contributed by atoms with Gasteiger partial charge in [0, 0.05) is 25.6 Å². The summed E-state index contributed by atoms with van der Waals surface area (Å²) in [5, 5.41) is 6.04. The quantitative estimate of drug-likeness (QED) is 0.584. The Morgan fingerprint density at radius 3 is 2.68 bits per heavy atom. The van der Waals surface area contributed by atoms with Gasteiger partial charge in [0.25, 0.3) is 0 Å². The first kappa shape index (κ1) is 15.7. The third-order valence-electron chi connectivity index (χ3n) is 2.96. The molecule has 0 aliphatic carbocycles. The van der Waals surface area contributed by atoms with Crippen molar-refractivity contribution in [1.29, 1.82) is 0 Å². The summed E-state index contributed by atoms with van der Waals surface area (Å²) in [7, 11) is 0. The molecule has 1 aromatic rings. The first-order valence-electron chi connectivity index (χ1n) is 6.99. The number of hydrogen-bond donors (Lipinski definition) is 3. The highest BCUT2D eigenvalue weighted by molar-refractivity contribution is 5.75. The number of benzene rings is 1. The molecule has 0 radical (unpaired) electrons. The lowest BCUT2D eigenvalue weighted by molar-refractivity contribution is -0.121. The number of nitrogens with one attached hydrogen (secondary N) is 2. The van der Waals surface area contributed by atoms with Crippen LogP contribution in [0.5, 0.6) is 0 Å². The van der Waals surface area contributed by atoms with E-state index in [0.29, 0.717) is 13.0 Å². The molecule has 0 aromatic heterocycles. The van der Waals surface area contributed by atoms with Crippen LogP contribution in [-0.2, 0) is 11.2 Å². The summed E-state index contributed by atoms with van der Waals surface area (Å²) < 4.78 is 0. The fourth-order valence-electron chi connectivity index (χ4n) is 1.89. The molecular weight excluding hydrogens is 238 g/mol. The van der Waals surface area contributed by atoms with Gasteiger partial charge in [-0.05, 0) is 24.9 Å². The molecule has 0 bridgehead atoms. The van der Waals surface area contributed by atoms with Crippen LogP contribution in [0.25, 0.3) is 0 Å². The molecule has 0 saturated carbocycles. The molecule has 0 spiro atoms. The summed E-state index contributed by atoms with van der Waals surface area (Å²) in [4.78, 5) is 11.6. The normalized spacial score (nSPS) is 12.1. The summed E-state index contributed by atoms with van der Waals surface area (Å²) >= 11 is 0. The van der Waals surface area contributed by atoms with Gasteiger partial charge in [-0.25, -0.2) is 0 Å². The maximum atomic E-state index is 11.6. The lowest BCUT2D eigenvalue weighted by Gasteiger charge is -2.11. The van der Waals surface area contributed by atoms with Gasteiger partial charge in [-0.15, -0.1) is 0 Å². The van der Waals surface area contributed by atoms with E-state index in [2.05, 4.69) is 22.8 Å². The average Bonchev–Trinajstić information content (AvgIpc) is 2.42. The fourth-order valence-corrected chi connectivity index (χ4v) is 1.89. The zero-order valence-electron chi connectivity index (χ0n) is 11.7. The molecule has 4 nitrogen and oxygen atoms in total. The van der Waals surface area contributed by atoms with E-state index in [-0.39, 0.29) is 11.9 Å². The molecule has 4 heteroatoms. The van der Waals surface area contributed by atoms with Gasteiger partial charge in [0.05, 0.1) is 0 Å². The Hall–Kier alpha value is -1.39. The standard InChI is InChI=1S/C15H25N3O/c1-2-17-10-11-18-15(19)9-8-14(16)12-13-6-4-3-5-7-13/h3-7,14,17H,2,8-12,16H2,1H3,(H,18,19)/t14-/m1/s1.